The Hall–Kier alpha value is -2.94. The van der Waals surface area contributed by atoms with E-state index in [1.807, 2.05) is 23.1 Å². The molecule has 2 heterocycles. The summed E-state index contributed by atoms with van der Waals surface area (Å²) < 4.78 is 0. The fourth-order valence-electron chi connectivity index (χ4n) is 3.43. The largest absolute Gasteiger partial charge is 0.353 e. The SMILES string of the molecule is O=CN1CCN(CC(=O)N2CCNC(=O)[C@H]2CC(=O)Nc2ccccc2)CC1. The van der Waals surface area contributed by atoms with Crippen molar-refractivity contribution in [1.29, 1.82) is 0 Å². The molecule has 0 unspecified atom stereocenters. The van der Waals surface area contributed by atoms with Crippen molar-refractivity contribution in [2.24, 2.45) is 0 Å². The monoisotopic (exact) mass is 387 g/mol. The normalized spacial score (nSPS) is 20.4. The second-order valence-electron chi connectivity index (χ2n) is 6.93. The summed E-state index contributed by atoms with van der Waals surface area (Å²) in [5.74, 6) is -0.800. The number of benzene rings is 1. The van der Waals surface area contributed by atoms with Gasteiger partial charge >= 0.3 is 0 Å². The molecule has 1 atom stereocenters. The molecule has 0 spiro atoms. The van der Waals surface area contributed by atoms with Crippen molar-refractivity contribution in [3.63, 3.8) is 0 Å². The molecule has 0 radical (unpaired) electrons. The zero-order chi connectivity index (χ0) is 19.9. The molecule has 150 valence electrons. The molecule has 0 saturated carbocycles. The average Bonchev–Trinajstić information content (AvgIpc) is 2.70. The predicted molar refractivity (Wildman–Crippen MR) is 102 cm³/mol. The van der Waals surface area contributed by atoms with E-state index in [0.717, 1.165) is 6.41 Å². The molecule has 9 heteroatoms. The molecule has 28 heavy (non-hydrogen) atoms. The van der Waals surface area contributed by atoms with Crippen LogP contribution in [0, 0.1) is 0 Å². The maximum Gasteiger partial charge on any atom is 0.243 e. The van der Waals surface area contributed by atoms with Gasteiger partial charge in [-0.2, -0.15) is 0 Å². The van der Waals surface area contributed by atoms with Gasteiger partial charge in [0, 0.05) is 45.0 Å². The van der Waals surface area contributed by atoms with Crippen LogP contribution in [-0.4, -0.2) is 90.7 Å². The molecule has 0 aliphatic carbocycles. The Balaban J connectivity index is 1.58. The van der Waals surface area contributed by atoms with Gasteiger partial charge < -0.3 is 20.4 Å². The van der Waals surface area contributed by atoms with Crippen LogP contribution in [0.5, 0.6) is 0 Å². The fourth-order valence-corrected chi connectivity index (χ4v) is 3.43. The Bertz CT molecular complexity index is 718. The van der Waals surface area contributed by atoms with Crippen LogP contribution in [0.3, 0.4) is 0 Å². The van der Waals surface area contributed by atoms with Crippen molar-refractivity contribution in [2.45, 2.75) is 12.5 Å². The van der Waals surface area contributed by atoms with E-state index in [1.54, 1.807) is 17.0 Å². The number of rotatable bonds is 6. The lowest BCUT2D eigenvalue weighted by molar-refractivity contribution is -0.145. The van der Waals surface area contributed by atoms with E-state index in [2.05, 4.69) is 10.6 Å². The second kappa shape index (κ2) is 9.32. The van der Waals surface area contributed by atoms with Crippen LogP contribution in [0.1, 0.15) is 6.42 Å². The average molecular weight is 387 g/mol. The number of hydrogen-bond acceptors (Lipinski definition) is 5. The van der Waals surface area contributed by atoms with Crippen molar-refractivity contribution < 1.29 is 19.2 Å². The summed E-state index contributed by atoms with van der Waals surface area (Å²) in [6, 6.07) is 8.18. The van der Waals surface area contributed by atoms with Gasteiger partial charge in [-0.1, -0.05) is 18.2 Å². The molecule has 2 aliphatic heterocycles. The van der Waals surface area contributed by atoms with Gasteiger partial charge in [0.15, 0.2) is 0 Å². The van der Waals surface area contributed by atoms with E-state index in [1.165, 1.54) is 4.90 Å². The first kappa shape index (κ1) is 19.8. The molecule has 2 N–H and O–H groups in total. The summed E-state index contributed by atoms with van der Waals surface area (Å²) in [4.78, 5) is 53.4. The smallest absolute Gasteiger partial charge is 0.243 e. The standard InChI is InChI=1S/C19H25N5O4/c25-14-23-10-8-22(9-11-23)13-18(27)24-7-6-20-19(28)16(24)12-17(26)21-15-4-2-1-3-5-15/h1-5,14,16H,6-13H2,(H,20,28)(H,21,26)/t16-/m1/s1. The fraction of sp³-hybridized carbons (Fsp3) is 0.474. The molecule has 4 amide bonds. The van der Waals surface area contributed by atoms with E-state index in [-0.39, 0.29) is 30.7 Å². The van der Waals surface area contributed by atoms with Crippen LogP contribution in [-0.2, 0) is 19.2 Å². The van der Waals surface area contributed by atoms with Gasteiger partial charge in [0.1, 0.15) is 6.04 Å². The van der Waals surface area contributed by atoms with Crippen LogP contribution in [0.2, 0.25) is 0 Å². The Morgan fingerprint density at radius 3 is 2.50 bits per heavy atom. The highest BCUT2D eigenvalue weighted by Crippen LogP contribution is 2.13. The summed E-state index contributed by atoms with van der Waals surface area (Å²) in [7, 11) is 0. The lowest BCUT2D eigenvalue weighted by Gasteiger charge is -2.37. The molecule has 0 bridgehead atoms. The Morgan fingerprint density at radius 2 is 1.82 bits per heavy atom. The third kappa shape index (κ3) is 5.07. The minimum absolute atomic E-state index is 0.0919. The van der Waals surface area contributed by atoms with E-state index >= 15 is 0 Å². The lowest BCUT2D eigenvalue weighted by atomic mass is 10.1. The van der Waals surface area contributed by atoms with Gasteiger partial charge in [0.25, 0.3) is 0 Å². The summed E-state index contributed by atoms with van der Waals surface area (Å²) in [5, 5.41) is 5.49. The Kier molecular flexibility index (Phi) is 6.59. The maximum absolute atomic E-state index is 12.8. The van der Waals surface area contributed by atoms with Gasteiger partial charge in [0.2, 0.25) is 24.1 Å². The number of anilines is 1. The highest BCUT2D eigenvalue weighted by atomic mass is 16.2. The first-order valence-electron chi connectivity index (χ1n) is 9.40. The number of carbonyl (C=O) groups is 4. The van der Waals surface area contributed by atoms with Crippen LogP contribution in [0.15, 0.2) is 30.3 Å². The van der Waals surface area contributed by atoms with Gasteiger partial charge in [-0.3, -0.25) is 24.1 Å². The van der Waals surface area contributed by atoms with Crippen LogP contribution < -0.4 is 10.6 Å². The van der Waals surface area contributed by atoms with Crippen LogP contribution in [0.4, 0.5) is 5.69 Å². The quantitative estimate of drug-likeness (QED) is 0.617. The zero-order valence-corrected chi connectivity index (χ0v) is 15.7. The van der Waals surface area contributed by atoms with Crippen molar-refractivity contribution in [2.75, 3.05) is 51.1 Å². The predicted octanol–water partition coefficient (Wildman–Crippen LogP) is -0.884. The molecule has 1 aromatic carbocycles. The first-order chi connectivity index (χ1) is 13.6. The van der Waals surface area contributed by atoms with Crippen molar-refractivity contribution in [3.05, 3.63) is 30.3 Å². The van der Waals surface area contributed by atoms with Crippen molar-refractivity contribution in [3.8, 4) is 0 Å². The molecule has 2 fully saturated rings. The highest BCUT2D eigenvalue weighted by Gasteiger charge is 2.35. The summed E-state index contributed by atoms with van der Waals surface area (Å²) in [6.07, 6.45) is 0.723. The number of nitrogens with one attached hydrogen (secondary N) is 2. The topological polar surface area (TPSA) is 102 Å². The number of piperazine rings is 2. The van der Waals surface area contributed by atoms with Crippen LogP contribution >= 0.6 is 0 Å². The maximum atomic E-state index is 12.8. The number of carbonyl (C=O) groups excluding carboxylic acids is 4. The zero-order valence-electron chi connectivity index (χ0n) is 15.7. The minimum atomic E-state index is -0.818. The summed E-state index contributed by atoms with van der Waals surface area (Å²) >= 11 is 0. The number of nitrogens with zero attached hydrogens (tertiary/aromatic N) is 3. The number of amides is 4. The van der Waals surface area contributed by atoms with Gasteiger partial charge in [-0.25, -0.2) is 0 Å². The Morgan fingerprint density at radius 1 is 1.11 bits per heavy atom. The molecule has 3 rings (SSSR count). The van der Waals surface area contributed by atoms with E-state index in [4.69, 9.17) is 0 Å². The highest BCUT2D eigenvalue weighted by molar-refractivity contribution is 5.97. The van der Waals surface area contributed by atoms with Gasteiger partial charge in [0.05, 0.1) is 13.0 Å². The third-order valence-corrected chi connectivity index (χ3v) is 5.00. The molecule has 1 aromatic rings. The lowest BCUT2D eigenvalue weighted by Crippen LogP contribution is -2.60. The first-order valence-corrected chi connectivity index (χ1v) is 9.40. The second-order valence-corrected chi connectivity index (χ2v) is 6.93. The molecule has 0 aromatic heterocycles. The number of para-hydroxylation sites is 1. The number of hydrogen-bond donors (Lipinski definition) is 2. The van der Waals surface area contributed by atoms with Gasteiger partial charge in [-0.05, 0) is 12.1 Å². The van der Waals surface area contributed by atoms with Crippen LogP contribution in [0.25, 0.3) is 0 Å². The molecular formula is C19H25N5O4. The molecule has 2 saturated heterocycles. The third-order valence-electron chi connectivity index (χ3n) is 5.00. The van der Waals surface area contributed by atoms with Crippen molar-refractivity contribution >= 4 is 29.8 Å². The summed E-state index contributed by atoms with van der Waals surface area (Å²) in [6.45, 7) is 3.33. The molecule has 9 nitrogen and oxygen atoms in total. The van der Waals surface area contributed by atoms with E-state index in [0.29, 0.717) is 45.0 Å². The van der Waals surface area contributed by atoms with Crippen molar-refractivity contribution in [1.82, 2.24) is 20.0 Å². The van der Waals surface area contributed by atoms with E-state index < -0.39 is 6.04 Å². The Labute approximate surface area is 163 Å². The molecule has 2 aliphatic rings. The summed E-state index contributed by atoms with van der Waals surface area (Å²) in [5.41, 5.74) is 0.648. The van der Waals surface area contributed by atoms with Gasteiger partial charge in [-0.15, -0.1) is 0 Å². The molecular weight excluding hydrogens is 362 g/mol. The minimum Gasteiger partial charge on any atom is -0.353 e. The van der Waals surface area contributed by atoms with E-state index in [9.17, 15) is 19.2 Å².